The first-order chi connectivity index (χ1) is 12.2. The van der Waals surface area contributed by atoms with Gasteiger partial charge in [0.25, 0.3) is 0 Å². The fraction of sp³-hybridized carbons (Fsp3) is 0.389. The molecule has 25 heavy (non-hydrogen) atoms. The van der Waals surface area contributed by atoms with Gasteiger partial charge < -0.3 is 10.2 Å². The van der Waals surface area contributed by atoms with E-state index in [9.17, 15) is 0 Å². The van der Waals surface area contributed by atoms with Crippen LogP contribution in [0.15, 0.2) is 30.6 Å². The van der Waals surface area contributed by atoms with E-state index in [4.69, 9.17) is 11.6 Å². The monoisotopic (exact) mass is 356 g/mol. The standard InChI is InChI=1S/C18H21ClN6/c1-25(14-8-3-2-4-9-14)18-15-16(20-11-21-17(15)23-24-18)22-13-7-5-6-12(19)10-13/h5-7,10-11,14H,2-4,8-9H2,1H3,(H2,20,21,22,23,24). The van der Waals surface area contributed by atoms with Crippen molar-refractivity contribution in [3.8, 4) is 0 Å². The van der Waals surface area contributed by atoms with Crippen LogP contribution in [0.3, 0.4) is 0 Å². The van der Waals surface area contributed by atoms with Gasteiger partial charge in [0.2, 0.25) is 0 Å². The lowest BCUT2D eigenvalue weighted by atomic mass is 9.94. The molecule has 0 aliphatic heterocycles. The van der Waals surface area contributed by atoms with Crippen LogP contribution in [0.2, 0.25) is 5.02 Å². The van der Waals surface area contributed by atoms with E-state index >= 15 is 0 Å². The van der Waals surface area contributed by atoms with Crippen molar-refractivity contribution in [2.75, 3.05) is 17.3 Å². The summed E-state index contributed by atoms with van der Waals surface area (Å²) < 4.78 is 0. The Balaban J connectivity index is 1.71. The Hall–Kier alpha value is -2.34. The summed E-state index contributed by atoms with van der Waals surface area (Å²) in [5.41, 5.74) is 1.62. The molecule has 2 heterocycles. The van der Waals surface area contributed by atoms with E-state index in [0.717, 1.165) is 28.4 Å². The average molecular weight is 357 g/mol. The van der Waals surface area contributed by atoms with Gasteiger partial charge in [0.05, 0.1) is 0 Å². The van der Waals surface area contributed by atoms with Gasteiger partial charge in [-0.15, -0.1) is 0 Å². The number of rotatable bonds is 4. The summed E-state index contributed by atoms with van der Waals surface area (Å²) in [5, 5.41) is 12.5. The fourth-order valence-corrected chi connectivity index (χ4v) is 3.73. The number of aromatic amines is 1. The number of halogens is 1. The van der Waals surface area contributed by atoms with Gasteiger partial charge in [-0.25, -0.2) is 9.97 Å². The average Bonchev–Trinajstić information content (AvgIpc) is 3.07. The Morgan fingerprint density at radius 3 is 2.84 bits per heavy atom. The highest BCUT2D eigenvalue weighted by Crippen LogP contribution is 2.33. The number of aromatic nitrogens is 4. The van der Waals surface area contributed by atoms with Crippen LogP contribution >= 0.6 is 11.6 Å². The molecule has 2 N–H and O–H groups in total. The van der Waals surface area contributed by atoms with E-state index in [2.05, 4.69) is 37.4 Å². The van der Waals surface area contributed by atoms with Crippen LogP contribution in [0.5, 0.6) is 0 Å². The van der Waals surface area contributed by atoms with Gasteiger partial charge >= 0.3 is 0 Å². The molecule has 1 aromatic carbocycles. The molecule has 4 rings (SSSR count). The minimum absolute atomic E-state index is 0.513. The maximum Gasteiger partial charge on any atom is 0.163 e. The summed E-state index contributed by atoms with van der Waals surface area (Å²) in [6.07, 6.45) is 7.84. The zero-order valence-corrected chi connectivity index (χ0v) is 14.9. The van der Waals surface area contributed by atoms with Crippen molar-refractivity contribution in [2.24, 2.45) is 0 Å². The second kappa shape index (κ2) is 6.88. The number of hydrogen-bond acceptors (Lipinski definition) is 5. The molecule has 1 aliphatic rings. The first-order valence-corrected chi connectivity index (χ1v) is 9.04. The molecule has 0 bridgehead atoms. The molecule has 0 atom stereocenters. The molecule has 0 spiro atoms. The molecule has 130 valence electrons. The van der Waals surface area contributed by atoms with Crippen LogP contribution in [0.4, 0.5) is 17.3 Å². The molecule has 7 heteroatoms. The fourth-order valence-electron chi connectivity index (χ4n) is 3.54. The van der Waals surface area contributed by atoms with Crippen LogP contribution < -0.4 is 10.2 Å². The molecule has 0 amide bonds. The third-order valence-electron chi connectivity index (χ3n) is 4.88. The van der Waals surface area contributed by atoms with Gasteiger partial charge in [0.1, 0.15) is 17.5 Å². The highest BCUT2D eigenvalue weighted by atomic mass is 35.5. The minimum atomic E-state index is 0.513. The van der Waals surface area contributed by atoms with Crippen molar-refractivity contribution >= 4 is 40.0 Å². The molecule has 2 aromatic heterocycles. The largest absolute Gasteiger partial charge is 0.355 e. The molecule has 0 saturated heterocycles. The van der Waals surface area contributed by atoms with Gasteiger partial charge in [0, 0.05) is 23.8 Å². The van der Waals surface area contributed by atoms with E-state index in [1.807, 2.05) is 24.3 Å². The number of fused-ring (bicyclic) bond motifs is 1. The van der Waals surface area contributed by atoms with Crippen LogP contribution in [0.1, 0.15) is 32.1 Å². The maximum atomic E-state index is 6.09. The zero-order valence-electron chi connectivity index (χ0n) is 14.2. The number of benzene rings is 1. The Bertz CT molecular complexity index is 871. The van der Waals surface area contributed by atoms with Crippen molar-refractivity contribution < 1.29 is 0 Å². The number of H-pyrrole nitrogens is 1. The molecule has 1 fully saturated rings. The summed E-state index contributed by atoms with van der Waals surface area (Å²) in [6.45, 7) is 0. The first-order valence-electron chi connectivity index (χ1n) is 8.67. The predicted octanol–water partition coefficient (Wildman–Crippen LogP) is 4.52. The van der Waals surface area contributed by atoms with E-state index in [1.54, 1.807) is 0 Å². The summed E-state index contributed by atoms with van der Waals surface area (Å²) in [4.78, 5) is 11.0. The lowest BCUT2D eigenvalue weighted by molar-refractivity contribution is 0.426. The van der Waals surface area contributed by atoms with Gasteiger partial charge in [-0.05, 0) is 31.0 Å². The Kier molecular flexibility index (Phi) is 4.44. The number of anilines is 3. The van der Waals surface area contributed by atoms with Crippen LogP contribution in [0.25, 0.3) is 11.0 Å². The molecule has 6 nitrogen and oxygen atoms in total. The Labute approximate surface area is 151 Å². The van der Waals surface area contributed by atoms with Gasteiger partial charge in [-0.2, -0.15) is 5.10 Å². The topological polar surface area (TPSA) is 69.7 Å². The molecule has 3 aromatic rings. The number of hydrogen-bond donors (Lipinski definition) is 2. The number of nitrogens with zero attached hydrogens (tertiary/aromatic N) is 4. The SMILES string of the molecule is CN(c1n[nH]c2ncnc(Nc3cccc(Cl)c3)c12)C1CCCCC1. The van der Waals surface area contributed by atoms with Crippen LogP contribution in [-0.2, 0) is 0 Å². The highest BCUT2D eigenvalue weighted by Gasteiger charge is 2.23. The van der Waals surface area contributed by atoms with Crippen LogP contribution in [0, 0.1) is 0 Å². The quantitative estimate of drug-likeness (QED) is 0.719. The van der Waals surface area contributed by atoms with E-state index < -0.39 is 0 Å². The molecule has 1 aliphatic carbocycles. The van der Waals surface area contributed by atoms with Crippen molar-refractivity contribution in [3.05, 3.63) is 35.6 Å². The van der Waals surface area contributed by atoms with Crippen molar-refractivity contribution in [1.29, 1.82) is 0 Å². The molecular weight excluding hydrogens is 336 g/mol. The van der Waals surface area contributed by atoms with Crippen molar-refractivity contribution in [1.82, 2.24) is 20.2 Å². The normalized spacial score (nSPS) is 15.4. The molecule has 0 unspecified atom stereocenters. The van der Waals surface area contributed by atoms with Crippen molar-refractivity contribution in [2.45, 2.75) is 38.1 Å². The van der Waals surface area contributed by atoms with Crippen molar-refractivity contribution in [3.63, 3.8) is 0 Å². The second-order valence-electron chi connectivity index (χ2n) is 6.53. The lowest BCUT2D eigenvalue weighted by Gasteiger charge is -2.31. The molecule has 1 saturated carbocycles. The summed E-state index contributed by atoms with van der Waals surface area (Å²) in [6, 6.07) is 8.11. The van der Waals surface area contributed by atoms with E-state index in [0.29, 0.717) is 11.1 Å². The minimum Gasteiger partial charge on any atom is -0.355 e. The third kappa shape index (κ3) is 3.26. The highest BCUT2D eigenvalue weighted by molar-refractivity contribution is 6.30. The first kappa shape index (κ1) is 16.1. The summed E-state index contributed by atoms with van der Waals surface area (Å²) in [5.74, 6) is 1.63. The smallest absolute Gasteiger partial charge is 0.163 e. The van der Waals surface area contributed by atoms with Gasteiger partial charge in [-0.3, -0.25) is 5.10 Å². The van der Waals surface area contributed by atoms with E-state index in [-0.39, 0.29) is 0 Å². The Morgan fingerprint density at radius 2 is 2.04 bits per heavy atom. The zero-order chi connectivity index (χ0) is 17.2. The predicted molar refractivity (Wildman–Crippen MR) is 102 cm³/mol. The molecule has 0 radical (unpaired) electrons. The summed E-state index contributed by atoms with van der Waals surface area (Å²) >= 11 is 6.09. The van der Waals surface area contributed by atoms with E-state index in [1.165, 1.54) is 38.4 Å². The van der Waals surface area contributed by atoms with Gasteiger partial charge in [0.15, 0.2) is 11.5 Å². The van der Waals surface area contributed by atoms with Crippen LogP contribution in [-0.4, -0.2) is 33.3 Å². The Morgan fingerprint density at radius 1 is 1.20 bits per heavy atom. The van der Waals surface area contributed by atoms with Gasteiger partial charge in [-0.1, -0.05) is 36.9 Å². The maximum absolute atomic E-state index is 6.09. The second-order valence-corrected chi connectivity index (χ2v) is 6.97. The summed E-state index contributed by atoms with van der Waals surface area (Å²) in [7, 11) is 2.11. The lowest BCUT2D eigenvalue weighted by Crippen LogP contribution is -2.33. The molecular formula is C18H21ClN6. The third-order valence-corrected chi connectivity index (χ3v) is 5.12. The number of nitrogens with one attached hydrogen (secondary N) is 2.